The van der Waals surface area contributed by atoms with Gasteiger partial charge in [0.15, 0.2) is 11.5 Å². The number of hydrogen-bond acceptors (Lipinski definition) is 6. The van der Waals surface area contributed by atoms with Gasteiger partial charge in [-0.2, -0.15) is 0 Å². The molecule has 0 spiro atoms. The Hall–Kier alpha value is -2.69. The smallest absolute Gasteiger partial charge is 0.244 e. The van der Waals surface area contributed by atoms with Crippen LogP contribution in [0, 0.1) is 0 Å². The van der Waals surface area contributed by atoms with Crippen LogP contribution in [-0.4, -0.2) is 63.2 Å². The molecule has 0 saturated heterocycles. The minimum Gasteiger partial charge on any atom is -0.486 e. The van der Waals surface area contributed by atoms with E-state index in [4.69, 9.17) is 32.7 Å². The highest BCUT2D eigenvalue weighted by Crippen LogP contribution is 2.35. The van der Waals surface area contributed by atoms with E-state index in [0.717, 1.165) is 10.7 Å². The molecule has 0 aromatic heterocycles. The minimum atomic E-state index is -3.88. The van der Waals surface area contributed by atoms with E-state index in [1.165, 1.54) is 17.9 Å². The molecule has 2 aromatic rings. The summed E-state index contributed by atoms with van der Waals surface area (Å²) in [5.41, 5.74) is 0.705. The fourth-order valence-electron chi connectivity index (χ4n) is 3.74. The van der Waals surface area contributed by atoms with E-state index < -0.39 is 28.5 Å². The lowest BCUT2D eigenvalue weighted by atomic mass is 10.1. The molecule has 2 amide bonds. The lowest BCUT2D eigenvalue weighted by Crippen LogP contribution is -2.51. The van der Waals surface area contributed by atoms with Gasteiger partial charge in [-0.15, -0.1) is 0 Å². The molecule has 0 aliphatic carbocycles. The summed E-state index contributed by atoms with van der Waals surface area (Å²) in [5.74, 6) is -0.326. The van der Waals surface area contributed by atoms with Gasteiger partial charge >= 0.3 is 0 Å². The number of sulfonamides is 1. The van der Waals surface area contributed by atoms with Crippen LogP contribution in [0.4, 0.5) is 5.69 Å². The Bertz CT molecular complexity index is 1220. The number of hydrogen-bond donors (Lipinski definition) is 1. The highest BCUT2D eigenvalue weighted by molar-refractivity contribution is 7.92. The van der Waals surface area contributed by atoms with Crippen LogP contribution in [0.5, 0.6) is 11.5 Å². The summed E-state index contributed by atoms with van der Waals surface area (Å²) in [5, 5.41) is 3.44. The van der Waals surface area contributed by atoms with Crippen molar-refractivity contribution in [3.63, 3.8) is 0 Å². The zero-order valence-corrected chi connectivity index (χ0v) is 23.3. The van der Waals surface area contributed by atoms with Gasteiger partial charge in [0.25, 0.3) is 0 Å². The van der Waals surface area contributed by atoms with Crippen LogP contribution in [-0.2, 0) is 26.2 Å². The topological polar surface area (TPSA) is 105 Å². The molecule has 0 bridgehead atoms. The van der Waals surface area contributed by atoms with Crippen molar-refractivity contribution in [3.8, 4) is 11.5 Å². The molecule has 0 fully saturated rings. The van der Waals surface area contributed by atoms with Crippen LogP contribution in [0.1, 0.15) is 32.8 Å². The molecular weight excluding hydrogens is 541 g/mol. The van der Waals surface area contributed by atoms with E-state index in [2.05, 4.69) is 5.32 Å². The molecule has 9 nitrogen and oxygen atoms in total. The first-order valence-corrected chi connectivity index (χ1v) is 14.4. The van der Waals surface area contributed by atoms with Gasteiger partial charge < -0.3 is 19.7 Å². The molecule has 202 valence electrons. The summed E-state index contributed by atoms with van der Waals surface area (Å²) < 4.78 is 38.4. The van der Waals surface area contributed by atoms with E-state index >= 15 is 0 Å². The summed E-state index contributed by atoms with van der Waals surface area (Å²) in [6, 6.07) is 8.72. The van der Waals surface area contributed by atoms with Gasteiger partial charge in [-0.25, -0.2) is 8.42 Å². The molecule has 1 aliphatic heterocycles. The zero-order chi connectivity index (χ0) is 27.2. The van der Waals surface area contributed by atoms with Gasteiger partial charge in [0, 0.05) is 34.8 Å². The van der Waals surface area contributed by atoms with Crippen molar-refractivity contribution in [2.45, 2.75) is 39.8 Å². The summed E-state index contributed by atoms with van der Waals surface area (Å²) in [6.07, 6.45) is 0.718. The Morgan fingerprint density at radius 2 is 1.70 bits per heavy atom. The van der Waals surface area contributed by atoms with E-state index in [1.807, 2.05) is 6.92 Å². The number of rotatable bonds is 11. The number of nitrogens with one attached hydrogen (secondary N) is 1. The number of fused-ring (bicyclic) bond motifs is 1. The van der Waals surface area contributed by atoms with Gasteiger partial charge in [0.05, 0.1) is 11.4 Å². The monoisotopic (exact) mass is 571 g/mol. The summed E-state index contributed by atoms with van der Waals surface area (Å²) in [7, 11) is -3.88. The Morgan fingerprint density at radius 3 is 2.32 bits per heavy atom. The fraction of sp³-hybridized carbons (Fsp3) is 0.440. The standard InChI is InChI=1S/C25H31Cl2N3O6S/c1-4-11-28-25(32)17(3)29(15-19-20(26)7-6-8-21(19)27)24(31)16-30(37(33,34)5-2)18-9-10-22-23(14-18)36-13-12-35-22/h6-10,14,17H,4-5,11-13,15-16H2,1-3H3,(H,28,32)/t17-/m1/s1. The number of carbonyl (C=O) groups is 2. The first-order valence-electron chi connectivity index (χ1n) is 12.0. The molecule has 1 heterocycles. The maximum atomic E-state index is 13.7. The van der Waals surface area contributed by atoms with Gasteiger partial charge in [0.2, 0.25) is 21.8 Å². The lowest BCUT2D eigenvalue weighted by molar-refractivity contribution is -0.139. The van der Waals surface area contributed by atoms with Crippen LogP contribution < -0.4 is 19.1 Å². The number of carbonyl (C=O) groups excluding carboxylic acids is 2. The molecule has 12 heteroatoms. The van der Waals surface area contributed by atoms with Crippen molar-refractivity contribution in [2.75, 3.05) is 36.4 Å². The second kappa shape index (κ2) is 12.7. The predicted molar refractivity (Wildman–Crippen MR) is 144 cm³/mol. The van der Waals surface area contributed by atoms with Crippen LogP contribution >= 0.6 is 23.2 Å². The van der Waals surface area contributed by atoms with E-state index in [-0.39, 0.29) is 23.9 Å². The third kappa shape index (κ3) is 7.00. The highest BCUT2D eigenvalue weighted by Gasteiger charge is 2.32. The van der Waals surface area contributed by atoms with E-state index in [1.54, 1.807) is 37.3 Å². The molecular formula is C25H31Cl2N3O6S. The van der Waals surface area contributed by atoms with Crippen LogP contribution in [0.15, 0.2) is 36.4 Å². The largest absolute Gasteiger partial charge is 0.486 e. The van der Waals surface area contributed by atoms with Crippen molar-refractivity contribution in [1.29, 1.82) is 0 Å². The Kier molecular flexibility index (Phi) is 9.92. The third-order valence-corrected chi connectivity index (χ3v) is 8.35. The molecule has 0 saturated carbocycles. The maximum Gasteiger partial charge on any atom is 0.244 e. The van der Waals surface area contributed by atoms with Gasteiger partial charge in [-0.05, 0) is 44.5 Å². The first kappa shape index (κ1) is 28.9. The maximum absolute atomic E-state index is 13.7. The van der Waals surface area contributed by atoms with Gasteiger partial charge in [-0.3, -0.25) is 13.9 Å². The Morgan fingerprint density at radius 1 is 1.05 bits per heavy atom. The molecule has 1 atom stereocenters. The Balaban J connectivity index is 1.98. The van der Waals surface area contributed by atoms with Crippen LogP contribution in [0.3, 0.4) is 0 Å². The molecule has 0 unspecified atom stereocenters. The van der Waals surface area contributed by atoms with E-state index in [0.29, 0.717) is 46.9 Å². The summed E-state index contributed by atoms with van der Waals surface area (Å²) in [4.78, 5) is 27.9. The average Bonchev–Trinajstić information content (AvgIpc) is 2.89. The summed E-state index contributed by atoms with van der Waals surface area (Å²) in [6.45, 7) is 5.52. The van der Waals surface area contributed by atoms with Gasteiger partial charge in [0.1, 0.15) is 25.8 Å². The average molecular weight is 573 g/mol. The second-order valence-electron chi connectivity index (χ2n) is 8.42. The van der Waals surface area contributed by atoms with Crippen molar-refractivity contribution in [2.24, 2.45) is 0 Å². The van der Waals surface area contributed by atoms with Crippen molar-refractivity contribution in [1.82, 2.24) is 10.2 Å². The molecule has 2 aromatic carbocycles. The number of halogens is 2. The minimum absolute atomic E-state index is 0.0841. The summed E-state index contributed by atoms with van der Waals surface area (Å²) >= 11 is 12.7. The molecule has 1 N–H and O–H groups in total. The number of amides is 2. The highest BCUT2D eigenvalue weighted by atomic mass is 35.5. The zero-order valence-electron chi connectivity index (χ0n) is 21.0. The lowest BCUT2D eigenvalue weighted by Gasteiger charge is -2.32. The van der Waals surface area contributed by atoms with Crippen LogP contribution in [0.2, 0.25) is 10.0 Å². The third-order valence-electron chi connectivity index (χ3n) is 5.90. The van der Waals surface area contributed by atoms with Crippen molar-refractivity contribution < 1.29 is 27.5 Å². The predicted octanol–water partition coefficient (Wildman–Crippen LogP) is 3.86. The molecule has 3 rings (SSSR count). The Labute approximate surface area is 227 Å². The number of benzene rings is 2. The number of ether oxygens (including phenoxy) is 2. The van der Waals surface area contributed by atoms with Crippen molar-refractivity contribution >= 4 is 50.7 Å². The van der Waals surface area contributed by atoms with Gasteiger partial charge in [-0.1, -0.05) is 36.2 Å². The number of anilines is 1. The number of nitrogens with zero attached hydrogens (tertiary/aromatic N) is 2. The molecule has 1 aliphatic rings. The van der Waals surface area contributed by atoms with Crippen molar-refractivity contribution in [3.05, 3.63) is 52.0 Å². The molecule has 0 radical (unpaired) electrons. The SMILES string of the molecule is CCCNC(=O)[C@@H](C)N(Cc1c(Cl)cccc1Cl)C(=O)CN(c1ccc2c(c1)OCCO2)S(=O)(=O)CC. The second-order valence-corrected chi connectivity index (χ2v) is 11.4. The molecule has 37 heavy (non-hydrogen) atoms. The fourth-order valence-corrected chi connectivity index (χ4v) is 5.31. The normalized spacial score (nSPS) is 13.5. The quantitative estimate of drug-likeness (QED) is 0.439. The first-order chi connectivity index (χ1) is 17.6. The van der Waals surface area contributed by atoms with E-state index in [9.17, 15) is 18.0 Å². The van der Waals surface area contributed by atoms with Crippen LogP contribution in [0.25, 0.3) is 0 Å².